The van der Waals surface area contributed by atoms with Crippen LogP contribution in [0, 0.1) is 0 Å². The first-order valence-corrected chi connectivity index (χ1v) is 7.67. The predicted octanol–water partition coefficient (Wildman–Crippen LogP) is 1.26. The molecule has 2 fully saturated rings. The van der Waals surface area contributed by atoms with Crippen molar-refractivity contribution in [1.82, 2.24) is 4.90 Å². The maximum Gasteiger partial charge on any atom is 0.335 e. The molecule has 0 spiro atoms. The summed E-state index contributed by atoms with van der Waals surface area (Å²) < 4.78 is 0. The minimum absolute atomic E-state index is 0.0758. The lowest BCUT2D eigenvalue weighted by Gasteiger charge is -2.34. The van der Waals surface area contributed by atoms with Gasteiger partial charge < -0.3 is 19.8 Å². The van der Waals surface area contributed by atoms with Gasteiger partial charge in [-0.1, -0.05) is 0 Å². The van der Waals surface area contributed by atoms with E-state index in [4.69, 9.17) is 0 Å². The molecule has 1 aromatic carbocycles. The van der Waals surface area contributed by atoms with Gasteiger partial charge in [-0.2, -0.15) is 0 Å². The van der Waals surface area contributed by atoms with Crippen LogP contribution in [0.2, 0.25) is 0 Å². The zero-order chi connectivity index (χ0) is 15.7. The molecule has 0 aliphatic carbocycles. The van der Waals surface area contributed by atoms with Crippen molar-refractivity contribution in [3.63, 3.8) is 0 Å². The van der Waals surface area contributed by atoms with E-state index >= 15 is 0 Å². The van der Waals surface area contributed by atoms with Gasteiger partial charge in [-0.3, -0.25) is 4.79 Å². The van der Waals surface area contributed by atoms with Crippen LogP contribution in [0.4, 0.5) is 11.4 Å². The number of carbonyl (C=O) groups excluding carboxylic acids is 1. The molecule has 2 aliphatic heterocycles. The third kappa shape index (κ3) is 2.92. The first-order valence-electron chi connectivity index (χ1n) is 7.67. The predicted molar refractivity (Wildman–Crippen MR) is 84.7 cm³/mol. The van der Waals surface area contributed by atoms with E-state index in [-0.39, 0.29) is 11.5 Å². The Morgan fingerprint density at radius 3 is 2.32 bits per heavy atom. The summed E-state index contributed by atoms with van der Waals surface area (Å²) >= 11 is 0. The largest absolute Gasteiger partial charge is 0.478 e. The van der Waals surface area contributed by atoms with Gasteiger partial charge in [0.1, 0.15) is 0 Å². The van der Waals surface area contributed by atoms with Gasteiger partial charge in [0, 0.05) is 50.5 Å². The number of piperazine rings is 1. The lowest BCUT2D eigenvalue weighted by molar-refractivity contribution is -0.117. The summed E-state index contributed by atoms with van der Waals surface area (Å²) in [5.41, 5.74) is 1.84. The summed E-state index contributed by atoms with van der Waals surface area (Å²) in [7, 11) is 2.08. The summed E-state index contributed by atoms with van der Waals surface area (Å²) in [6, 6.07) is 5.25. The Balaban J connectivity index is 1.93. The molecule has 3 rings (SSSR count). The molecule has 1 aromatic rings. The van der Waals surface area contributed by atoms with Crippen molar-refractivity contribution in [3.05, 3.63) is 23.8 Å². The molecule has 2 aliphatic rings. The van der Waals surface area contributed by atoms with Gasteiger partial charge in [0.2, 0.25) is 5.91 Å². The Kier molecular flexibility index (Phi) is 4.02. The van der Waals surface area contributed by atoms with Gasteiger partial charge in [-0.25, -0.2) is 4.79 Å². The van der Waals surface area contributed by atoms with Crippen LogP contribution in [0.5, 0.6) is 0 Å². The van der Waals surface area contributed by atoms with E-state index in [2.05, 4.69) is 16.8 Å². The quantitative estimate of drug-likeness (QED) is 0.911. The Morgan fingerprint density at radius 2 is 1.73 bits per heavy atom. The molecule has 1 N–H and O–H groups in total. The normalized spacial score (nSPS) is 19.8. The molecule has 1 amide bonds. The third-order valence-electron chi connectivity index (χ3n) is 4.40. The summed E-state index contributed by atoms with van der Waals surface area (Å²) in [6.45, 7) is 4.31. The highest BCUT2D eigenvalue weighted by Gasteiger charge is 2.24. The average Bonchev–Trinajstić information content (AvgIpc) is 2.93. The standard InChI is InChI=1S/C16H21N3O3/c1-17-5-7-18(8-6-17)13-9-12(16(21)22)10-14(11-13)19-4-2-3-15(19)20/h9-11H,2-8H2,1H3,(H,21,22). The van der Waals surface area contributed by atoms with Crippen LogP contribution in [0.25, 0.3) is 0 Å². The average molecular weight is 303 g/mol. The smallest absolute Gasteiger partial charge is 0.335 e. The molecule has 0 unspecified atom stereocenters. The van der Waals surface area contributed by atoms with Crippen molar-refractivity contribution in [2.24, 2.45) is 0 Å². The Morgan fingerprint density at radius 1 is 1.05 bits per heavy atom. The molecule has 2 saturated heterocycles. The second-order valence-corrected chi connectivity index (χ2v) is 5.98. The van der Waals surface area contributed by atoms with Crippen molar-refractivity contribution < 1.29 is 14.7 Å². The molecule has 2 heterocycles. The molecule has 22 heavy (non-hydrogen) atoms. The van der Waals surface area contributed by atoms with E-state index < -0.39 is 5.97 Å². The number of benzene rings is 1. The fraction of sp³-hybridized carbons (Fsp3) is 0.500. The zero-order valence-electron chi connectivity index (χ0n) is 12.8. The molecule has 0 bridgehead atoms. The zero-order valence-corrected chi connectivity index (χ0v) is 12.8. The number of rotatable bonds is 3. The molecular weight excluding hydrogens is 282 g/mol. The van der Waals surface area contributed by atoms with Gasteiger partial charge in [0.25, 0.3) is 0 Å². The highest BCUT2D eigenvalue weighted by atomic mass is 16.4. The lowest BCUT2D eigenvalue weighted by Crippen LogP contribution is -2.44. The monoisotopic (exact) mass is 303 g/mol. The molecule has 0 radical (unpaired) electrons. The third-order valence-corrected chi connectivity index (χ3v) is 4.40. The highest BCUT2D eigenvalue weighted by molar-refractivity contribution is 5.98. The van der Waals surface area contributed by atoms with E-state index in [0.29, 0.717) is 18.7 Å². The van der Waals surface area contributed by atoms with Crippen molar-refractivity contribution in [2.75, 3.05) is 49.6 Å². The van der Waals surface area contributed by atoms with Crippen LogP contribution in [0.15, 0.2) is 18.2 Å². The number of nitrogens with zero attached hydrogens (tertiary/aromatic N) is 3. The van der Waals surface area contributed by atoms with Gasteiger partial charge in [-0.05, 0) is 31.7 Å². The molecular formula is C16H21N3O3. The fourth-order valence-electron chi connectivity index (χ4n) is 3.04. The summed E-state index contributed by atoms with van der Waals surface area (Å²) in [4.78, 5) is 29.5. The number of aromatic carboxylic acids is 1. The molecule has 6 heteroatoms. The van der Waals surface area contributed by atoms with Crippen LogP contribution >= 0.6 is 0 Å². The SMILES string of the molecule is CN1CCN(c2cc(C(=O)O)cc(N3CCCC3=O)c2)CC1. The Labute approximate surface area is 129 Å². The van der Waals surface area contributed by atoms with Gasteiger partial charge in [-0.15, -0.1) is 0 Å². The van der Waals surface area contributed by atoms with Gasteiger partial charge >= 0.3 is 5.97 Å². The number of anilines is 2. The number of carboxylic acids is 1. The van der Waals surface area contributed by atoms with Crippen molar-refractivity contribution >= 4 is 23.3 Å². The van der Waals surface area contributed by atoms with Crippen LogP contribution in [0.1, 0.15) is 23.2 Å². The van der Waals surface area contributed by atoms with E-state index in [1.807, 2.05) is 6.07 Å². The second kappa shape index (κ2) is 5.96. The minimum Gasteiger partial charge on any atom is -0.478 e. The summed E-state index contributed by atoms with van der Waals surface area (Å²) in [5, 5.41) is 9.35. The van der Waals surface area contributed by atoms with Crippen molar-refractivity contribution in [1.29, 1.82) is 0 Å². The number of hydrogen-bond donors (Lipinski definition) is 1. The molecule has 6 nitrogen and oxygen atoms in total. The summed E-state index contributed by atoms with van der Waals surface area (Å²) in [6.07, 6.45) is 1.38. The Hall–Kier alpha value is -2.08. The highest BCUT2D eigenvalue weighted by Crippen LogP contribution is 2.29. The van der Waals surface area contributed by atoms with E-state index in [1.54, 1.807) is 17.0 Å². The van der Waals surface area contributed by atoms with Crippen LogP contribution in [0.3, 0.4) is 0 Å². The van der Waals surface area contributed by atoms with Crippen molar-refractivity contribution in [3.8, 4) is 0 Å². The van der Waals surface area contributed by atoms with Gasteiger partial charge in [0.05, 0.1) is 5.56 Å². The van der Waals surface area contributed by atoms with E-state index in [0.717, 1.165) is 38.3 Å². The molecule has 0 atom stereocenters. The van der Waals surface area contributed by atoms with E-state index in [1.165, 1.54) is 0 Å². The van der Waals surface area contributed by atoms with Crippen LogP contribution < -0.4 is 9.80 Å². The van der Waals surface area contributed by atoms with Crippen LogP contribution in [-0.4, -0.2) is 61.7 Å². The molecule has 0 aromatic heterocycles. The number of amides is 1. The molecule has 118 valence electrons. The molecule has 0 saturated carbocycles. The number of likely N-dealkylation sites (N-methyl/N-ethyl adjacent to an activating group) is 1. The maximum atomic E-state index is 11.9. The first kappa shape index (κ1) is 14.8. The summed E-state index contributed by atoms with van der Waals surface area (Å²) in [5.74, 6) is -0.879. The topological polar surface area (TPSA) is 64.1 Å². The van der Waals surface area contributed by atoms with E-state index in [9.17, 15) is 14.7 Å². The first-order chi connectivity index (χ1) is 10.5. The Bertz CT molecular complexity index is 594. The number of hydrogen-bond acceptors (Lipinski definition) is 4. The number of carbonyl (C=O) groups is 2. The van der Waals surface area contributed by atoms with Crippen molar-refractivity contribution in [2.45, 2.75) is 12.8 Å². The maximum absolute atomic E-state index is 11.9. The fourth-order valence-corrected chi connectivity index (χ4v) is 3.04. The second-order valence-electron chi connectivity index (χ2n) is 5.98. The van der Waals surface area contributed by atoms with Crippen LogP contribution in [-0.2, 0) is 4.79 Å². The number of carboxylic acid groups (broad SMARTS) is 1. The minimum atomic E-state index is -0.955. The lowest BCUT2D eigenvalue weighted by atomic mass is 10.1. The van der Waals surface area contributed by atoms with Gasteiger partial charge in [0.15, 0.2) is 0 Å².